The number of nitrogens with one attached hydrogen (secondary N) is 1. The third-order valence-electron chi connectivity index (χ3n) is 3.18. The van der Waals surface area contributed by atoms with Crippen molar-refractivity contribution in [2.45, 2.75) is 33.1 Å². The Labute approximate surface area is 96.3 Å². The van der Waals surface area contributed by atoms with E-state index in [-0.39, 0.29) is 11.8 Å². The van der Waals surface area contributed by atoms with Crippen LogP contribution in [-0.4, -0.2) is 29.8 Å². The van der Waals surface area contributed by atoms with Crippen LogP contribution in [0.5, 0.6) is 0 Å². The summed E-state index contributed by atoms with van der Waals surface area (Å²) in [6.07, 6.45) is 1.72. The van der Waals surface area contributed by atoms with E-state index in [1.165, 1.54) is 0 Å². The Bertz CT molecular complexity index is 266. The molecule has 1 rings (SSSR count). The highest BCUT2D eigenvalue weighted by molar-refractivity contribution is 5.79. The summed E-state index contributed by atoms with van der Waals surface area (Å²) in [4.78, 5) is 24.4. The monoisotopic (exact) mass is 227 g/mol. The van der Waals surface area contributed by atoms with E-state index in [1.54, 1.807) is 0 Å². The van der Waals surface area contributed by atoms with Gasteiger partial charge in [0, 0.05) is 25.9 Å². The molecule has 1 saturated heterocycles. The smallest absolute Gasteiger partial charge is 0.233 e. The Kier molecular flexibility index (Phi) is 4.73. The second kappa shape index (κ2) is 5.84. The summed E-state index contributed by atoms with van der Waals surface area (Å²) >= 11 is 0. The van der Waals surface area contributed by atoms with Crippen LogP contribution in [0.4, 0.5) is 0 Å². The molecule has 1 unspecified atom stereocenters. The molecule has 0 spiro atoms. The molecule has 16 heavy (non-hydrogen) atoms. The average molecular weight is 227 g/mol. The Balaban J connectivity index is 2.28. The number of nitrogens with zero attached hydrogens (tertiary/aromatic N) is 1. The molecule has 0 saturated carbocycles. The number of rotatable bonds is 5. The molecule has 1 aliphatic rings. The molecule has 1 atom stereocenters. The largest absolute Gasteiger partial charge is 0.342 e. The molecule has 5 heteroatoms. The fraction of sp³-hybridized carbons (Fsp3) is 0.818. The van der Waals surface area contributed by atoms with Crippen molar-refractivity contribution < 1.29 is 9.59 Å². The van der Waals surface area contributed by atoms with Crippen LogP contribution >= 0.6 is 0 Å². The van der Waals surface area contributed by atoms with Crippen LogP contribution in [-0.2, 0) is 9.59 Å². The van der Waals surface area contributed by atoms with Crippen LogP contribution < -0.4 is 11.3 Å². The molecule has 5 nitrogen and oxygen atoms in total. The summed E-state index contributed by atoms with van der Waals surface area (Å²) in [6, 6.07) is 0. The van der Waals surface area contributed by atoms with Gasteiger partial charge in [-0.1, -0.05) is 13.8 Å². The molecule has 2 amide bonds. The fourth-order valence-electron chi connectivity index (χ4n) is 1.97. The van der Waals surface area contributed by atoms with Gasteiger partial charge in [0.15, 0.2) is 0 Å². The SMILES string of the molecule is CC(C)C1CC(=O)N(CCCC(=O)NN)C1. The number of carbonyl (C=O) groups excluding carboxylic acids is 2. The van der Waals surface area contributed by atoms with E-state index in [0.717, 1.165) is 6.54 Å². The Morgan fingerprint density at radius 2 is 2.31 bits per heavy atom. The van der Waals surface area contributed by atoms with Gasteiger partial charge >= 0.3 is 0 Å². The summed E-state index contributed by atoms with van der Waals surface area (Å²) in [7, 11) is 0. The maximum absolute atomic E-state index is 11.6. The van der Waals surface area contributed by atoms with Gasteiger partial charge in [0.1, 0.15) is 0 Å². The zero-order valence-corrected chi connectivity index (χ0v) is 10.0. The lowest BCUT2D eigenvalue weighted by Gasteiger charge is -2.17. The number of amides is 2. The number of hydrazine groups is 1. The highest BCUT2D eigenvalue weighted by atomic mass is 16.2. The lowest BCUT2D eigenvalue weighted by molar-refractivity contribution is -0.128. The molecule has 0 aromatic heterocycles. The number of likely N-dealkylation sites (tertiary alicyclic amines) is 1. The highest BCUT2D eigenvalue weighted by Crippen LogP contribution is 2.24. The van der Waals surface area contributed by atoms with Crippen LogP contribution in [0.15, 0.2) is 0 Å². The van der Waals surface area contributed by atoms with Crippen molar-refractivity contribution >= 4 is 11.8 Å². The lowest BCUT2D eigenvalue weighted by Crippen LogP contribution is -2.32. The third-order valence-corrected chi connectivity index (χ3v) is 3.18. The fourth-order valence-corrected chi connectivity index (χ4v) is 1.97. The number of carbonyl (C=O) groups is 2. The van der Waals surface area contributed by atoms with Crippen molar-refractivity contribution in [2.75, 3.05) is 13.1 Å². The van der Waals surface area contributed by atoms with E-state index >= 15 is 0 Å². The molecule has 1 heterocycles. The van der Waals surface area contributed by atoms with Gasteiger partial charge < -0.3 is 4.90 Å². The van der Waals surface area contributed by atoms with Crippen molar-refractivity contribution in [3.8, 4) is 0 Å². The topological polar surface area (TPSA) is 75.4 Å². The Hall–Kier alpha value is -1.10. The van der Waals surface area contributed by atoms with Crippen molar-refractivity contribution in [3.63, 3.8) is 0 Å². The van der Waals surface area contributed by atoms with E-state index in [9.17, 15) is 9.59 Å². The van der Waals surface area contributed by atoms with Gasteiger partial charge in [0.25, 0.3) is 0 Å². The number of hydrogen-bond donors (Lipinski definition) is 2. The van der Waals surface area contributed by atoms with Crippen molar-refractivity contribution in [2.24, 2.45) is 17.7 Å². The van der Waals surface area contributed by atoms with Crippen molar-refractivity contribution in [1.82, 2.24) is 10.3 Å². The molecule has 0 radical (unpaired) electrons. The average Bonchev–Trinajstić information content (AvgIpc) is 2.60. The molecular weight excluding hydrogens is 206 g/mol. The minimum Gasteiger partial charge on any atom is -0.342 e. The zero-order chi connectivity index (χ0) is 12.1. The second-order valence-corrected chi connectivity index (χ2v) is 4.72. The molecule has 0 aromatic carbocycles. The van der Waals surface area contributed by atoms with Gasteiger partial charge in [0.2, 0.25) is 11.8 Å². The summed E-state index contributed by atoms with van der Waals surface area (Å²) in [5.41, 5.74) is 2.09. The quantitative estimate of drug-likeness (QED) is 0.402. The van der Waals surface area contributed by atoms with E-state index in [4.69, 9.17) is 5.84 Å². The molecule has 0 bridgehead atoms. The van der Waals surface area contributed by atoms with Gasteiger partial charge in [-0.15, -0.1) is 0 Å². The second-order valence-electron chi connectivity index (χ2n) is 4.72. The highest BCUT2D eigenvalue weighted by Gasteiger charge is 2.30. The Morgan fingerprint density at radius 3 is 2.81 bits per heavy atom. The zero-order valence-electron chi connectivity index (χ0n) is 10.0. The minimum absolute atomic E-state index is 0.174. The molecular formula is C11H21N3O2. The van der Waals surface area contributed by atoms with Crippen LogP contribution in [0.1, 0.15) is 33.1 Å². The molecule has 1 fully saturated rings. The summed E-state index contributed by atoms with van der Waals surface area (Å²) < 4.78 is 0. The van der Waals surface area contributed by atoms with Crippen LogP contribution in [0.25, 0.3) is 0 Å². The Morgan fingerprint density at radius 1 is 1.62 bits per heavy atom. The summed E-state index contributed by atoms with van der Waals surface area (Å²) in [6.45, 7) is 5.78. The molecule has 3 N–H and O–H groups in total. The normalized spacial score (nSPS) is 20.6. The third kappa shape index (κ3) is 3.48. The summed E-state index contributed by atoms with van der Waals surface area (Å²) in [5, 5.41) is 0. The first kappa shape index (κ1) is 13.0. The molecule has 92 valence electrons. The first-order valence-electron chi connectivity index (χ1n) is 5.81. The van der Waals surface area contributed by atoms with Crippen LogP contribution in [0.2, 0.25) is 0 Å². The lowest BCUT2D eigenvalue weighted by atomic mass is 9.95. The molecule has 1 aliphatic heterocycles. The van der Waals surface area contributed by atoms with Gasteiger partial charge in [-0.3, -0.25) is 15.0 Å². The van der Waals surface area contributed by atoms with Gasteiger partial charge in [-0.2, -0.15) is 0 Å². The van der Waals surface area contributed by atoms with E-state index in [0.29, 0.717) is 37.6 Å². The van der Waals surface area contributed by atoms with Crippen LogP contribution in [0.3, 0.4) is 0 Å². The van der Waals surface area contributed by atoms with E-state index in [2.05, 4.69) is 19.3 Å². The number of hydrogen-bond acceptors (Lipinski definition) is 3. The first-order chi connectivity index (χ1) is 7.54. The minimum atomic E-state index is -0.174. The summed E-state index contributed by atoms with van der Waals surface area (Å²) in [5.74, 6) is 6.03. The van der Waals surface area contributed by atoms with E-state index in [1.807, 2.05) is 4.90 Å². The van der Waals surface area contributed by atoms with Gasteiger partial charge in [0.05, 0.1) is 0 Å². The standard InChI is InChI=1S/C11H21N3O2/c1-8(2)9-6-11(16)14(7-9)5-3-4-10(15)13-12/h8-9H,3-7,12H2,1-2H3,(H,13,15). The van der Waals surface area contributed by atoms with Gasteiger partial charge in [-0.05, 0) is 18.3 Å². The maximum atomic E-state index is 11.6. The van der Waals surface area contributed by atoms with Crippen molar-refractivity contribution in [3.05, 3.63) is 0 Å². The first-order valence-corrected chi connectivity index (χ1v) is 5.81. The molecule has 0 aromatic rings. The van der Waals surface area contributed by atoms with Crippen LogP contribution in [0, 0.1) is 11.8 Å². The predicted octanol–water partition coefficient (Wildman–Crippen LogP) is 0.261. The predicted molar refractivity (Wildman–Crippen MR) is 61.1 cm³/mol. The molecule has 0 aliphatic carbocycles. The maximum Gasteiger partial charge on any atom is 0.233 e. The van der Waals surface area contributed by atoms with E-state index < -0.39 is 0 Å². The number of nitrogens with two attached hydrogens (primary N) is 1. The van der Waals surface area contributed by atoms with Crippen molar-refractivity contribution in [1.29, 1.82) is 0 Å². The van der Waals surface area contributed by atoms with Gasteiger partial charge in [-0.25, -0.2) is 5.84 Å².